The fraction of sp³-hybridized carbons (Fsp3) is 0.556. The number of hydrazine groups is 1. The number of aryl methyl sites for hydroxylation is 2. The number of nitrogens with zero attached hydrogens (tertiary/aromatic N) is 4. The van der Waals surface area contributed by atoms with Crippen molar-refractivity contribution < 1.29 is 19.1 Å². The van der Waals surface area contributed by atoms with E-state index in [0.29, 0.717) is 44.8 Å². The lowest BCUT2D eigenvalue weighted by Gasteiger charge is -2.45. The third-order valence-corrected chi connectivity index (χ3v) is 7.77. The molecule has 1 unspecified atom stereocenters. The van der Waals surface area contributed by atoms with Crippen LogP contribution in [0.5, 0.6) is 0 Å². The van der Waals surface area contributed by atoms with Gasteiger partial charge in [-0.2, -0.15) is 5.01 Å². The van der Waals surface area contributed by atoms with Crippen molar-refractivity contribution in [1.29, 1.82) is 0 Å². The zero-order valence-electron chi connectivity index (χ0n) is 21.5. The molecule has 0 N–H and O–H groups in total. The molecule has 1 atom stereocenters. The van der Waals surface area contributed by atoms with Crippen LogP contribution in [0.25, 0.3) is 0 Å². The zero-order valence-corrected chi connectivity index (χ0v) is 21.5. The van der Waals surface area contributed by atoms with Crippen molar-refractivity contribution in [2.75, 3.05) is 34.3 Å². The Bertz CT molecular complexity index is 1110. The quantitative estimate of drug-likeness (QED) is 0.480. The Morgan fingerprint density at radius 2 is 1.66 bits per heavy atom. The number of likely N-dealkylation sites (tertiary alicyclic amines) is 1. The first-order valence-electron chi connectivity index (χ1n) is 12.1. The molecule has 186 valence electrons. The highest BCUT2D eigenvalue weighted by atomic mass is 16.5. The average molecular weight is 479 g/mol. The maximum absolute atomic E-state index is 13.4. The third kappa shape index (κ3) is 4.45. The highest BCUT2D eigenvalue weighted by molar-refractivity contribution is 6.10. The lowest BCUT2D eigenvalue weighted by molar-refractivity contribution is -0.144. The Labute approximate surface area is 207 Å². The van der Waals surface area contributed by atoms with Crippen molar-refractivity contribution in [3.05, 3.63) is 34.4 Å². The number of amides is 1. The molecule has 35 heavy (non-hydrogen) atoms. The Kier molecular flexibility index (Phi) is 6.74. The van der Waals surface area contributed by atoms with Gasteiger partial charge in [0.05, 0.1) is 7.11 Å². The lowest BCUT2D eigenvalue weighted by Crippen LogP contribution is -2.53. The molecular weight excluding hydrogens is 444 g/mol. The molecule has 2 heterocycles. The highest BCUT2D eigenvalue weighted by Crippen LogP contribution is 2.46. The van der Waals surface area contributed by atoms with Crippen LogP contribution in [0.3, 0.4) is 0 Å². The second-order valence-electron chi connectivity index (χ2n) is 10.0. The summed E-state index contributed by atoms with van der Waals surface area (Å²) in [6.45, 7) is 6.72. The smallest absolute Gasteiger partial charge is 0.304 e. The van der Waals surface area contributed by atoms with Crippen molar-refractivity contribution in [2.24, 2.45) is 10.4 Å². The molecule has 1 aromatic rings. The molecule has 1 saturated heterocycles. The van der Waals surface area contributed by atoms with Gasteiger partial charge in [-0.1, -0.05) is 5.92 Å². The second-order valence-corrected chi connectivity index (χ2v) is 10.0. The fourth-order valence-electron chi connectivity index (χ4n) is 5.84. The molecular formula is C27H34N4O4. The molecule has 1 saturated carbocycles. The number of carbonyl (C=O) groups is 3. The molecule has 2 fully saturated rings. The van der Waals surface area contributed by atoms with Crippen molar-refractivity contribution in [3.8, 4) is 11.8 Å². The van der Waals surface area contributed by atoms with Crippen LogP contribution in [0, 0.1) is 31.1 Å². The summed E-state index contributed by atoms with van der Waals surface area (Å²) in [6.07, 6.45) is 1.37. The topological polar surface area (TPSA) is 82.5 Å². The number of Topliss-reactive ketones (excluding diaryl/α,β-unsaturated/α-hetero) is 2. The minimum Gasteiger partial charge on any atom is -0.468 e. The molecule has 1 aliphatic carbocycles. The van der Waals surface area contributed by atoms with Gasteiger partial charge in [0.2, 0.25) is 6.17 Å². The van der Waals surface area contributed by atoms with E-state index in [1.54, 1.807) is 35.9 Å². The Balaban J connectivity index is 1.46. The summed E-state index contributed by atoms with van der Waals surface area (Å²) in [4.78, 5) is 46.1. The van der Waals surface area contributed by atoms with Crippen LogP contribution in [0.1, 0.15) is 60.8 Å². The van der Waals surface area contributed by atoms with Gasteiger partial charge in [-0.3, -0.25) is 19.4 Å². The minimum absolute atomic E-state index is 0.00644. The molecule has 0 aromatic heterocycles. The Hall–Kier alpha value is -3.18. The van der Waals surface area contributed by atoms with Crippen LogP contribution >= 0.6 is 0 Å². The van der Waals surface area contributed by atoms with Crippen molar-refractivity contribution in [2.45, 2.75) is 58.5 Å². The number of piperidine rings is 1. The van der Waals surface area contributed by atoms with Crippen molar-refractivity contribution in [3.63, 3.8) is 0 Å². The van der Waals surface area contributed by atoms with E-state index in [9.17, 15) is 14.4 Å². The molecule has 4 rings (SSSR count). The van der Waals surface area contributed by atoms with Crippen molar-refractivity contribution in [1.82, 2.24) is 14.9 Å². The second kappa shape index (κ2) is 9.46. The molecule has 1 aromatic carbocycles. The first-order valence-corrected chi connectivity index (χ1v) is 12.1. The number of amidine groups is 1. The monoisotopic (exact) mass is 478 g/mol. The highest BCUT2D eigenvalue weighted by Gasteiger charge is 2.48. The molecule has 1 spiro atoms. The van der Waals surface area contributed by atoms with E-state index >= 15 is 0 Å². The van der Waals surface area contributed by atoms with Crippen LogP contribution in [-0.4, -0.2) is 78.9 Å². The number of methoxy groups -OCH3 is 1. The molecule has 8 heteroatoms. The predicted octanol–water partition coefficient (Wildman–Crippen LogP) is 2.42. The molecule has 0 bridgehead atoms. The Morgan fingerprint density at radius 3 is 2.14 bits per heavy atom. The number of benzene rings is 1. The van der Waals surface area contributed by atoms with Crippen LogP contribution < -0.4 is 0 Å². The number of ketones is 2. The van der Waals surface area contributed by atoms with E-state index in [-0.39, 0.29) is 22.9 Å². The van der Waals surface area contributed by atoms with Crippen LogP contribution in [0.15, 0.2) is 17.1 Å². The van der Waals surface area contributed by atoms with E-state index in [4.69, 9.17) is 4.74 Å². The number of rotatable bonds is 2. The normalized spacial score (nSPS) is 22.8. The van der Waals surface area contributed by atoms with E-state index in [2.05, 4.69) is 16.8 Å². The summed E-state index contributed by atoms with van der Waals surface area (Å²) in [6, 6.07) is 4.32. The van der Waals surface area contributed by atoms with Crippen LogP contribution in [-0.2, 0) is 19.1 Å². The van der Waals surface area contributed by atoms with E-state index < -0.39 is 12.1 Å². The van der Waals surface area contributed by atoms with Gasteiger partial charge in [0, 0.05) is 45.6 Å². The molecule has 2 aliphatic heterocycles. The predicted molar refractivity (Wildman–Crippen MR) is 132 cm³/mol. The number of hydrogen-bond acceptors (Lipinski definition) is 7. The maximum Gasteiger partial charge on any atom is 0.304 e. The number of hydrogen-bond donors (Lipinski definition) is 0. The summed E-state index contributed by atoms with van der Waals surface area (Å²) in [7, 11) is 5.12. The van der Waals surface area contributed by atoms with E-state index in [0.717, 1.165) is 22.3 Å². The number of aliphatic imine (C=N–C) groups is 1. The minimum atomic E-state index is -0.701. The fourth-order valence-corrected chi connectivity index (χ4v) is 5.84. The summed E-state index contributed by atoms with van der Waals surface area (Å²) < 4.78 is 5.24. The maximum atomic E-state index is 13.4. The SMILES string of the molecule is CC#Cc1cc(C)c(C2C(=O)CC3(CCN(C(=O)C4N=C(OC)N(C)N4C)CC3)CC2=O)c(C)c1. The Morgan fingerprint density at radius 1 is 1.09 bits per heavy atom. The average Bonchev–Trinajstić information content (AvgIpc) is 3.09. The van der Waals surface area contributed by atoms with Gasteiger partial charge < -0.3 is 9.64 Å². The van der Waals surface area contributed by atoms with Crippen LogP contribution in [0.4, 0.5) is 0 Å². The lowest BCUT2D eigenvalue weighted by atomic mass is 9.62. The summed E-state index contributed by atoms with van der Waals surface area (Å²) in [5.41, 5.74) is 3.25. The van der Waals surface area contributed by atoms with Gasteiger partial charge in [0.25, 0.3) is 5.91 Å². The largest absolute Gasteiger partial charge is 0.468 e. The van der Waals surface area contributed by atoms with Gasteiger partial charge in [-0.05, 0) is 67.9 Å². The van der Waals surface area contributed by atoms with E-state index in [1.165, 1.54) is 7.11 Å². The van der Waals surface area contributed by atoms with Gasteiger partial charge in [-0.15, -0.1) is 5.92 Å². The number of ether oxygens (including phenoxy) is 1. The molecule has 0 radical (unpaired) electrons. The molecule has 8 nitrogen and oxygen atoms in total. The molecule has 1 amide bonds. The van der Waals surface area contributed by atoms with Gasteiger partial charge in [0.15, 0.2) is 0 Å². The summed E-state index contributed by atoms with van der Waals surface area (Å²) >= 11 is 0. The number of carbonyl (C=O) groups excluding carboxylic acids is 3. The first-order chi connectivity index (χ1) is 16.6. The standard InChI is InChI=1S/C27H34N4O4/c1-7-8-19-13-17(2)22(18(3)14-19)23-20(32)15-27(16-21(23)33)9-11-31(12-10-27)25(34)24-28-26(35-6)30(5)29(24)4/h13-14,23-24H,9-12,15-16H2,1-6H3. The van der Waals surface area contributed by atoms with Gasteiger partial charge >= 0.3 is 6.02 Å². The van der Waals surface area contributed by atoms with Crippen LogP contribution in [0.2, 0.25) is 0 Å². The van der Waals surface area contributed by atoms with Gasteiger partial charge in [-0.25, -0.2) is 4.99 Å². The number of likely N-dealkylation sites (N-methyl/N-ethyl adjacent to an activating group) is 1. The first kappa shape index (κ1) is 24.9. The zero-order chi connectivity index (χ0) is 25.5. The van der Waals surface area contributed by atoms with Gasteiger partial charge in [0.1, 0.15) is 17.5 Å². The van der Waals surface area contributed by atoms with E-state index in [1.807, 2.05) is 26.0 Å². The van der Waals surface area contributed by atoms with Crippen molar-refractivity contribution >= 4 is 23.5 Å². The summed E-state index contributed by atoms with van der Waals surface area (Å²) in [5, 5.41) is 3.45. The summed E-state index contributed by atoms with van der Waals surface area (Å²) in [5.74, 6) is 5.16. The molecule has 3 aliphatic rings. The third-order valence-electron chi connectivity index (χ3n) is 7.77.